The lowest BCUT2D eigenvalue weighted by molar-refractivity contribution is 0.303. The van der Waals surface area contributed by atoms with Gasteiger partial charge in [-0.3, -0.25) is 0 Å². The highest BCUT2D eigenvalue weighted by atomic mass is 32.2. The van der Waals surface area contributed by atoms with E-state index in [1.54, 1.807) is 6.07 Å². The highest BCUT2D eigenvalue weighted by Gasteiger charge is 2.29. The predicted molar refractivity (Wildman–Crippen MR) is 93.5 cm³/mol. The van der Waals surface area contributed by atoms with Gasteiger partial charge in [0.05, 0.1) is 15.8 Å². The van der Waals surface area contributed by atoms with E-state index in [1.807, 2.05) is 0 Å². The first kappa shape index (κ1) is 18.3. The van der Waals surface area contributed by atoms with Crippen molar-refractivity contribution in [3.8, 4) is 6.19 Å². The molecule has 2 aromatic rings. The van der Waals surface area contributed by atoms with Gasteiger partial charge in [-0.2, -0.15) is 5.26 Å². The molecule has 0 fully saturated rings. The van der Waals surface area contributed by atoms with Gasteiger partial charge in [0.2, 0.25) is 12.0 Å². The van der Waals surface area contributed by atoms with Gasteiger partial charge in [-0.1, -0.05) is 11.2 Å². The second-order valence-corrected chi connectivity index (χ2v) is 7.83. The molecule has 0 saturated carbocycles. The van der Waals surface area contributed by atoms with Crippen molar-refractivity contribution >= 4 is 21.4 Å². The lowest BCUT2D eigenvalue weighted by Crippen LogP contribution is -2.36. The Bertz CT molecular complexity index is 1080. The molecule has 2 unspecified atom stereocenters. The molecular formula is C15H14FN7O3S. The van der Waals surface area contributed by atoms with Crippen LogP contribution >= 0.6 is 0 Å². The van der Waals surface area contributed by atoms with Crippen LogP contribution in [0.15, 0.2) is 44.0 Å². The van der Waals surface area contributed by atoms with Crippen LogP contribution in [0.1, 0.15) is 22.9 Å². The van der Waals surface area contributed by atoms with Crippen molar-refractivity contribution < 1.29 is 18.4 Å². The molecule has 27 heavy (non-hydrogen) atoms. The number of nitrogens with one attached hydrogen (secondary N) is 2. The van der Waals surface area contributed by atoms with Gasteiger partial charge in [0, 0.05) is 17.9 Å². The molecule has 1 aromatic heterocycles. The molecule has 3 N–H and O–H groups in total. The van der Waals surface area contributed by atoms with Gasteiger partial charge in [-0.15, -0.1) is 4.36 Å². The quantitative estimate of drug-likeness (QED) is 0.229. The summed E-state index contributed by atoms with van der Waals surface area (Å²) < 4.78 is 33.2. The molecule has 3 rings (SSSR count). The number of hydrogen-bond donors (Lipinski definition) is 3. The second kappa shape index (κ2) is 7.42. The number of rotatable bonds is 5. The molecule has 0 saturated heterocycles. The minimum absolute atomic E-state index is 0.0361. The standard InChI is InChI=1S/C15H14FN7O3S/c1-27(25,19-8-17)5-4-18-14-13(22-26-23-14)15(21-24)20-12-6-9-2-3-10(16)7-11(9)12/h2-5,7,12,24H,6H2,1H3,(H,18,23)(H,20,21)/b5-4+. The maximum Gasteiger partial charge on any atom is 0.214 e. The Balaban J connectivity index is 1.74. The predicted octanol–water partition coefficient (Wildman–Crippen LogP) is 1.69. The third kappa shape index (κ3) is 4.04. The van der Waals surface area contributed by atoms with Crippen LogP contribution in [0.25, 0.3) is 0 Å². The van der Waals surface area contributed by atoms with Crippen LogP contribution in [0.3, 0.4) is 0 Å². The Hall–Kier alpha value is -3.46. The minimum Gasteiger partial charge on any atom is -0.409 e. The van der Waals surface area contributed by atoms with E-state index in [2.05, 4.69) is 35.1 Å². The molecule has 1 aromatic carbocycles. The van der Waals surface area contributed by atoms with E-state index in [0.717, 1.165) is 11.1 Å². The van der Waals surface area contributed by atoms with Gasteiger partial charge < -0.3 is 15.8 Å². The number of oxime groups is 1. The topological polar surface area (TPSA) is 149 Å². The van der Waals surface area contributed by atoms with Gasteiger partial charge >= 0.3 is 0 Å². The van der Waals surface area contributed by atoms with E-state index in [1.165, 1.54) is 36.2 Å². The number of amidine groups is 1. The zero-order valence-corrected chi connectivity index (χ0v) is 14.8. The van der Waals surface area contributed by atoms with Gasteiger partial charge in [0.1, 0.15) is 5.82 Å². The van der Waals surface area contributed by atoms with Crippen LogP contribution in [0.2, 0.25) is 0 Å². The number of anilines is 1. The van der Waals surface area contributed by atoms with Gasteiger partial charge in [-0.05, 0) is 40.0 Å². The van der Waals surface area contributed by atoms with Crippen molar-refractivity contribution in [3.05, 3.63) is 52.4 Å². The van der Waals surface area contributed by atoms with Crippen molar-refractivity contribution in [2.45, 2.75) is 12.5 Å². The summed E-state index contributed by atoms with van der Waals surface area (Å²) in [5.74, 6) is -0.312. The lowest BCUT2D eigenvalue weighted by Gasteiger charge is -2.31. The molecule has 0 amide bonds. The Morgan fingerprint density at radius 3 is 3.11 bits per heavy atom. The number of nitriles is 1. The van der Waals surface area contributed by atoms with Crippen molar-refractivity contribution in [2.24, 2.45) is 9.52 Å². The van der Waals surface area contributed by atoms with E-state index >= 15 is 0 Å². The number of halogens is 1. The summed E-state index contributed by atoms with van der Waals surface area (Å²) in [7, 11) is -2.81. The molecule has 2 atom stereocenters. The number of hydrogen-bond acceptors (Lipinski definition) is 9. The maximum atomic E-state index is 13.4. The van der Waals surface area contributed by atoms with Crippen LogP contribution in [0.5, 0.6) is 0 Å². The zero-order valence-electron chi connectivity index (χ0n) is 14.0. The van der Waals surface area contributed by atoms with Gasteiger partial charge in [-0.25, -0.2) is 13.2 Å². The molecule has 0 radical (unpaired) electrons. The van der Waals surface area contributed by atoms with Crippen molar-refractivity contribution in [1.82, 2.24) is 15.6 Å². The molecule has 1 heterocycles. The normalized spacial score (nSPS) is 18.1. The van der Waals surface area contributed by atoms with E-state index in [4.69, 9.17) is 5.26 Å². The summed E-state index contributed by atoms with van der Waals surface area (Å²) in [6.07, 6.45) is 4.64. The van der Waals surface area contributed by atoms with Crippen LogP contribution in [0, 0.1) is 17.3 Å². The summed E-state index contributed by atoms with van der Waals surface area (Å²) in [4.78, 5) is 0. The Morgan fingerprint density at radius 1 is 1.56 bits per heavy atom. The fraction of sp³-hybridized carbons (Fsp3) is 0.200. The summed E-state index contributed by atoms with van der Waals surface area (Å²) in [5.41, 5.74) is 1.81. The number of fused-ring (bicyclic) bond motifs is 1. The Kier molecular flexibility index (Phi) is 5.04. The number of nitrogens with zero attached hydrogens (tertiary/aromatic N) is 5. The molecule has 1 aliphatic rings. The fourth-order valence-electron chi connectivity index (χ4n) is 2.50. The highest BCUT2D eigenvalue weighted by molar-refractivity contribution is 7.95. The average Bonchev–Trinajstić information content (AvgIpc) is 3.06. The molecule has 0 spiro atoms. The lowest BCUT2D eigenvalue weighted by atomic mass is 9.83. The first-order valence-corrected chi connectivity index (χ1v) is 9.55. The average molecular weight is 391 g/mol. The Morgan fingerprint density at radius 2 is 2.37 bits per heavy atom. The van der Waals surface area contributed by atoms with E-state index in [-0.39, 0.29) is 29.2 Å². The third-order valence-electron chi connectivity index (χ3n) is 3.79. The van der Waals surface area contributed by atoms with Gasteiger partial charge in [0.25, 0.3) is 0 Å². The zero-order chi connectivity index (χ0) is 19.4. The molecule has 1 aliphatic carbocycles. The Labute approximate surface area is 153 Å². The van der Waals surface area contributed by atoms with E-state index < -0.39 is 9.73 Å². The smallest absolute Gasteiger partial charge is 0.214 e. The highest BCUT2D eigenvalue weighted by Crippen LogP contribution is 2.33. The van der Waals surface area contributed by atoms with Crippen LogP contribution < -0.4 is 10.6 Å². The number of aromatic nitrogens is 2. The van der Waals surface area contributed by atoms with Crippen LogP contribution in [-0.4, -0.2) is 31.8 Å². The van der Waals surface area contributed by atoms with Gasteiger partial charge in [0.15, 0.2) is 11.5 Å². The number of benzene rings is 1. The van der Waals surface area contributed by atoms with Crippen molar-refractivity contribution in [1.29, 1.82) is 5.26 Å². The monoisotopic (exact) mass is 391 g/mol. The molecule has 12 heteroatoms. The molecule has 10 nitrogen and oxygen atoms in total. The summed E-state index contributed by atoms with van der Waals surface area (Å²) in [6.45, 7) is 0. The summed E-state index contributed by atoms with van der Waals surface area (Å²) in [6, 6.07) is 4.23. The largest absolute Gasteiger partial charge is 0.409 e. The SMILES string of the molecule is CS(=O)(/C=C/Nc1nonc1C(=NO)NC1Cc2ccc(F)cc21)=NC#N. The first-order chi connectivity index (χ1) is 12.9. The van der Waals surface area contributed by atoms with Crippen LogP contribution in [-0.2, 0) is 16.1 Å². The van der Waals surface area contributed by atoms with Crippen molar-refractivity contribution in [2.75, 3.05) is 11.6 Å². The van der Waals surface area contributed by atoms with Crippen LogP contribution in [0.4, 0.5) is 10.2 Å². The third-order valence-corrected chi connectivity index (χ3v) is 4.88. The van der Waals surface area contributed by atoms with E-state index in [9.17, 15) is 13.8 Å². The molecule has 0 aliphatic heterocycles. The first-order valence-electron chi connectivity index (χ1n) is 7.56. The maximum absolute atomic E-state index is 13.4. The molecule has 0 bridgehead atoms. The summed E-state index contributed by atoms with van der Waals surface area (Å²) >= 11 is 0. The van der Waals surface area contributed by atoms with E-state index in [0.29, 0.717) is 6.42 Å². The van der Waals surface area contributed by atoms with Crippen molar-refractivity contribution in [3.63, 3.8) is 0 Å². The summed E-state index contributed by atoms with van der Waals surface area (Å²) in [5, 5.41) is 35.0. The fourth-order valence-corrected chi connectivity index (χ4v) is 3.05. The molecular weight excluding hydrogens is 377 g/mol. The second-order valence-electron chi connectivity index (χ2n) is 5.65. The molecule has 140 valence electrons. The minimum atomic E-state index is -2.81.